The molecule has 59 heavy (non-hydrogen) atoms. The summed E-state index contributed by atoms with van der Waals surface area (Å²) in [7, 11) is 1.37. The molecule has 314 valence electrons. The van der Waals surface area contributed by atoms with Crippen molar-refractivity contribution in [3.63, 3.8) is 0 Å². The lowest BCUT2D eigenvalue weighted by Crippen LogP contribution is -2.01. The van der Waals surface area contributed by atoms with Crippen molar-refractivity contribution >= 4 is 113 Å². The lowest BCUT2D eigenvalue weighted by atomic mass is 10.1. The first-order valence-corrected chi connectivity index (χ1v) is 22.4. The zero-order valence-electron chi connectivity index (χ0n) is 31.7. The molecule has 5 aromatic rings. The van der Waals surface area contributed by atoms with E-state index < -0.39 is 11.9 Å². The summed E-state index contributed by atoms with van der Waals surface area (Å²) in [6.45, 7) is 2.85. The van der Waals surface area contributed by atoms with E-state index in [0.29, 0.717) is 53.6 Å². The van der Waals surface area contributed by atoms with Crippen LogP contribution < -0.4 is 9.47 Å². The van der Waals surface area contributed by atoms with Gasteiger partial charge in [0.05, 0.1) is 33.9 Å². The second-order valence-corrected chi connectivity index (χ2v) is 17.9. The molecule has 0 heterocycles. The number of phenols is 2. The Balaban J connectivity index is 0.000000242. The van der Waals surface area contributed by atoms with Gasteiger partial charge in [-0.05, 0) is 198 Å². The van der Waals surface area contributed by atoms with Crippen LogP contribution in [0, 0.1) is 6.92 Å². The predicted octanol–water partition coefficient (Wildman–Crippen LogP) is 12.7. The number of rotatable bonds is 15. The van der Waals surface area contributed by atoms with Crippen LogP contribution in [0.5, 0.6) is 23.0 Å². The van der Waals surface area contributed by atoms with E-state index in [-0.39, 0.29) is 30.3 Å². The van der Waals surface area contributed by atoms with Crippen LogP contribution in [0.4, 0.5) is 0 Å². The lowest BCUT2D eigenvalue weighted by Gasteiger charge is -2.12. The Hall–Kier alpha value is -3.41. The van der Waals surface area contributed by atoms with Gasteiger partial charge in [-0.1, -0.05) is 42.0 Å². The second kappa shape index (κ2) is 25.4. The van der Waals surface area contributed by atoms with E-state index >= 15 is 0 Å². The third-order valence-corrected chi connectivity index (χ3v) is 11.6. The van der Waals surface area contributed by atoms with E-state index in [1.165, 1.54) is 12.7 Å². The Morgan fingerprint density at radius 2 is 0.915 bits per heavy atom. The number of carbonyl (C=O) groups is 3. The Morgan fingerprint density at radius 3 is 1.31 bits per heavy atom. The summed E-state index contributed by atoms with van der Waals surface area (Å²) in [5.74, 6) is -0.137. The molecule has 5 aromatic carbocycles. The number of aliphatic carboxylic acids is 2. The first-order chi connectivity index (χ1) is 27.9. The molecule has 0 saturated heterocycles. The summed E-state index contributed by atoms with van der Waals surface area (Å²) in [6.07, 6.45) is 2.07. The molecular weight excluding hydrogens is 1160 g/mol. The number of methoxy groups -OCH3 is 1. The molecule has 0 fully saturated rings. The normalized spacial score (nSPS) is 10.4. The van der Waals surface area contributed by atoms with Crippen molar-refractivity contribution in [3.05, 3.63) is 145 Å². The van der Waals surface area contributed by atoms with E-state index in [1.54, 1.807) is 30.3 Å². The van der Waals surface area contributed by atoms with E-state index in [2.05, 4.69) is 106 Å². The van der Waals surface area contributed by atoms with Crippen LogP contribution in [0.2, 0.25) is 0 Å². The second-order valence-electron chi connectivity index (χ2n) is 12.8. The van der Waals surface area contributed by atoms with Gasteiger partial charge in [-0.2, -0.15) is 0 Å². The van der Waals surface area contributed by atoms with Gasteiger partial charge < -0.3 is 34.6 Å². The van der Waals surface area contributed by atoms with Crippen molar-refractivity contribution in [1.82, 2.24) is 0 Å². The van der Waals surface area contributed by atoms with Crippen molar-refractivity contribution in [2.45, 2.75) is 58.7 Å². The molecule has 10 nitrogen and oxygen atoms in total. The van der Waals surface area contributed by atoms with Gasteiger partial charge in [0.1, 0.15) is 36.2 Å². The number of carboxylic acids is 2. The van der Waals surface area contributed by atoms with Crippen LogP contribution in [0.1, 0.15) is 52.6 Å². The Morgan fingerprint density at radius 1 is 0.525 bits per heavy atom. The van der Waals surface area contributed by atoms with E-state index in [1.807, 2.05) is 55.5 Å². The SMILES string of the molecule is COC(=O)CCc1cc(Br)c(O)c(Br)c1.Cc1cccc(COc2c(Br)cc(CCC(=O)O)cc2Br)c1.O=C(O)CCc1cc(Br)c(OCc2cccc(O)c2)c(Br)c1. The van der Waals surface area contributed by atoms with Gasteiger partial charge in [0.15, 0.2) is 0 Å². The first-order valence-electron chi connectivity index (χ1n) is 17.7. The smallest absolute Gasteiger partial charge is 0.305 e. The van der Waals surface area contributed by atoms with Gasteiger partial charge in [0.25, 0.3) is 0 Å². The highest BCUT2D eigenvalue weighted by atomic mass is 79.9. The van der Waals surface area contributed by atoms with Gasteiger partial charge in [-0.3, -0.25) is 14.4 Å². The summed E-state index contributed by atoms with van der Waals surface area (Å²) >= 11 is 20.3. The molecule has 0 bridgehead atoms. The van der Waals surface area contributed by atoms with Gasteiger partial charge in [0, 0.05) is 19.3 Å². The van der Waals surface area contributed by atoms with Gasteiger partial charge in [-0.25, -0.2) is 0 Å². The Kier molecular flexibility index (Phi) is 21.5. The number of carboxylic acid groups (broad SMARTS) is 2. The number of ether oxygens (including phenoxy) is 3. The molecule has 0 aromatic heterocycles. The van der Waals surface area contributed by atoms with Crippen molar-refractivity contribution in [1.29, 1.82) is 0 Å². The van der Waals surface area contributed by atoms with Crippen LogP contribution in [0.15, 0.2) is 112 Å². The van der Waals surface area contributed by atoms with Crippen molar-refractivity contribution in [3.8, 4) is 23.0 Å². The summed E-state index contributed by atoms with van der Waals surface area (Å²) in [6, 6.07) is 26.1. The molecule has 0 spiro atoms. The van der Waals surface area contributed by atoms with Crippen LogP contribution in [-0.2, 0) is 51.6 Å². The summed E-state index contributed by atoms with van der Waals surface area (Å²) in [4.78, 5) is 32.2. The third kappa shape index (κ3) is 18.0. The Labute approximate surface area is 393 Å². The molecule has 5 rings (SSSR count). The molecule has 4 N–H and O–H groups in total. The number of aromatic hydroxyl groups is 2. The highest BCUT2D eigenvalue weighted by Gasteiger charge is 2.13. The number of benzene rings is 5. The third-order valence-electron chi connectivity index (χ3n) is 8.05. The molecule has 0 radical (unpaired) electrons. The summed E-state index contributed by atoms with van der Waals surface area (Å²) in [5, 5.41) is 36.4. The van der Waals surface area contributed by atoms with Crippen LogP contribution >= 0.6 is 95.6 Å². The quantitative estimate of drug-likeness (QED) is 0.0743. The Bertz CT molecular complexity index is 2040. The minimum atomic E-state index is -0.823. The van der Waals surface area contributed by atoms with E-state index in [9.17, 15) is 24.6 Å². The number of carbonyl (C=O) groups excluding carboxylic acids is 1. The molecule has 0 atom stereocenters. The zero-order valence-corrected chi connectivity index (χ0v) is 41.3. The maximum Gasteiger partial charge on any atom is 0.305 e. The lowest BCUT2D eigenvalue weighted by molar-refractivity contribution is -0.140. The van der Waals surface area contributed by atoms with E-state index in [4.69, 9.17) is 19.7 Å². The maximum absolute atomic E-state index is 10.9. The van der Waals surface area contributed by atoms with E-state index in [0.717, 1.165) is 51.5 Å². The first kappa shape index (κ1) is 49.9. The minimum absolute atomic E-state index is 0.0857. The largest absolute Gasteiger partial charge is 0.508 e. The van der Waals surface area contributed by atoms with Crippen molar-refractivity contribution < 1.29 is 49.0 Å². The number of aryl methyl sites for hydroxylation is 4. The molecule has 0 amide bonds. The fourth-order valence-corrected chi connectivity index (χ4v) is 9.46. The number of hydrogen-bond donors (Lipinski definition) is 4. The number of esters is 1. The number of phenolic OH excluding ortho intramolecular Hbond substituents is 2. The summed E-state index contributed by atoms with van der Waals surface area (Å²) in [5.41, 5.74) is 5.97. The fourth-order valence-electron chi connectivity index (χ4n) is 5.16. The highest BCUT2D eigenvalue weighted by molar-refractivity contribution is 9.12. The maximum atomic E-state index is 10.9. The number of hydrogen-bond acceptors (Lipinski definition) is 8. The molecule has 0 aliphatic rings. The molecule has 0 aliphatic carbocycles. The predicted molar refractivity (Wildman–Crippen MR) is 247 cm³/mol. The fraction of sp³-hybridized carbons (Fsp3) is 0.233. The van der Waals surface area contributed by atoms with Gasteiger partial charge in [-0.15, -0.1) is 0 Å². The van der Waals surface area contributed by atoms with Crippen LogP contribution in [-0.4, -0.2) is 45.4 Å². The molecule has 0 unspecified atom stereocenters. The minimum Gasteiger partial charge on any atom is -0.508 e. The van der Waals surface area contributed by atoms with Crippen molar-refractivity contribution in [2.24, 2.45) is 0 Å². The topological polar surface area (TPSA) is 160 Å². The zero-order chi connectivity index (χ0) is 43.6. The standard InChI is InChI=1S/C17H16Br2O3.C16H14Br2O4.C10H10Br2O3/c1-11-3-2-4-13(7-11)10-22-17-14(18)8-12(9-15(17)19)5-6-16(20)21;17-13-7-10(4-5-15(20)21)8-14(18)16(13)22-9-11-2-1-3-12(19)6-11;1-15-9(13)3-2-6-4-7(11)10(14)8(12)5-6/h2-4,7-9H,5-6,10H2,1H3,(H,20,21);1-3,6-8,19H,4-5,9H2,(H,20,21);4-5,14H,2-3H2,1H3. The molecule has 0 saturated carbocycles. The van der Waals surface area contributed by atoms with Crippen LogP contribution in [0.3, 0.4) is 0 Å². The van der Waals surface area contributed by atoms with Gasteiger partial charge >= 0.3 is 17.9 Å². The summed E-state index contributed by atoms with van der Waals surface area (Å²) < 4.78 is 20.5. The highest BCUT2D eigenvalue weighted by Crippen LogP contribution is 2.37. The van der Waals surface area contributed by atoms with Crippen molar-refractivity contribution in [2.75, 3.05) is 7.11 Å². The molecule has 0 aliphatic heterocycles. The average Bonchev–Trinajstić information content (AvgIpc) is 3.17. The molecular formula is C43H40Br6O10. The van der Waals surface area contributed by atoms with Crippen LogP contribution in [0.25, 0.3) is 0 Å². The molecule has 16 heteroatoms. The monoisotopic (exact) mass is 1190 g/mol. The average molecular weight is 1200 g/mol. The van der Waals surface area contributed by atoms with Gasteiger partial charge in [0.2, 0.25) is 0 Å². The number of halogens is 6.